The van der Waals surface area contributed by atoms with Crippen LogP contribution in [0, 0.1) is 0 Å². The molecule has 0 aliphatic carbocycles. The number of amides is 1. The van der Waals surface area contributed by atoms with E-state index in [0.29, 0.717) is 5.02 Å². The second kappa shape index (κ2) is 9.61. The summed E-state index contributed by atoms with van der Waals surface area (Å²) in [7, 11) is -3.95. The van der Waals surface area contributed by atoms with Gasteiger partial charge in [-0.2, -0.15) is 4.72 Å². The lowest BCUT2D eigenvalue weighted by atomic mass is 10.1. The fourth-order valence-electron chi connectivity index (χ4n) is 2.59. The highest BCUT2D eigenvalue weighted by Gasteiger charge is 2.22. The van der Waals surface area contributed by atoms with Crippen LogP contribution in [0.2, 0.25) is 10.0 Å². The van der Waals surface area contributed by atoms with E-state index in [9.17, 15) is 18.0 Å². The van der Waals surface area contributed by atoms with Crippen molar-refractivity contribution in [1.82, 2.24) is 9.71 Å². The normalized spacial score (nSPS) is 12.4. The molecule has 0 saturated heterocycles. The SMILES string of the molecule is C[C@H](OC(=O)CNS(=O)(=O)c1ccc2ccccc2c1)C(=O)Nc1ncc(Cl)cc1Cl. The molecule has 8 nitrogen and oxygen atoms in total. The van der Waals surface area contributed by atoms with E-state index in [-0.39, 0.29) is 15.7 Å². The fourth-order valence-corrected chi connectivity index (χ4v) is 4.02. The van der Waals surface area contributed by atoms with Crippen LogP contribution in [0.4, 0.5) is 5.82 Å². The summed E-state index contributed by atoms with van der Waals surface area (Å²) in [5.74, 6) is -1.57. The minimum Gasteiger partial charge on any atom is -0.452 e. The Hall–Kier alpha value is -2.72. The fraction of sp³-hybridized carbons (Fsp3) is 0.150. The highest BCUT2D eigenvalue weighted by Crippen LogP contribution is 2.23. The Kier molecular flexibility index (Phi) is 7.11. The van der Waals surface area contributed by atoms with Crippen molar-refractivity contribution in [3.8, 4) is 0 Å². The van der Waals surface area contributed by atoms with Gasteiger partial charge in [0.25, 0.3) is 5.91 Å². The van der Waals surface area contributed by atoms with E-state index >= 15 is 0 Å². The molecule has 1 heterocycles. The highest BCUT2D eigenvalue weighted by atomic mass is 35.5. The van der Waals surface area contributed by atoms with Crippen LogP contribution in [0.1, 0.15) is 6.92 Å². The molecule has 0 aliphatic rings. The summed E-state index contributed by atoms with van der Waals surface area (Å²) < 4.78 is 32.1. The van der Waals surface area contributed by atoms with Gasteiger partial charge in [-0.1, -0.05) is 53.5 Å². The van der Waals surface area contributed by atoms with Crippen LogP contribution in [0.15, 0.2) is 59.6 Å². The van der Waals surface area contributed by atoms with Gasteiger partial charge in [0.1, 0.15) is 6.54 Å². The Morgan fingerprint density at radius 3 is 2.52 bits per heavy atom. The topological polar surface area (TPSA) is 114 Å². The maximum atomic E-state index is 12.5. The van der Waals surface area contributed by atoms with Crippen LogP contribution in [0.3, 0.4) is 0 Å². The minimum absolute atomic E-state index is 0.00764. The number of carbonyl (C=O) groups is 2. The number of pyridine rings is 1. The van der Waals surface area contributed by atoms with Gasteiger partial charge in [-0.3, -0.25) is 9.59 Å². The molecule has 0 unspecified atom stereocenters. The molecule has 0 spiro atoms. The summed E-state index contributed by atoms with van der Waals surface area (Å²) >= 11 is 11.7. The smallest absolute Gasteiger partial charge is 0.321 e. The molecule has 1 atom stereocenters. The molecular weight excluding hydrogens is 465 g/mol. The molecule has 0 aliphatic heterocycles. The van der Waals surface area contributed by atoms with Gasteiger partial charge in [0.2, 0.25) is 10.0 Å². The number of nitrogens with one attached hydrogen (secondary N) is 2. The number of rotatable bonds is 7. The first-order valence-corrected chi connectivity index (χ1v) is 11.2. The quantitative estimate of drug-likeness (QED) is 0.499. The van der Waals surface area contributed by atoms with Crippen LogP contribution in [-0.4, -0.2) is 37.9 Å². The Balaban J connectivity index is 1.57. The predicted molar refractivity (Wildman–Crippen MR) is 118 cm³/mol. The average Bonchev–Trinajstić information content (AvgIpc) is 2.74. The number of ether oxygens (including phenoxy) is 1. The second-order valence-electron chi connectivity index (χ2n) is 6.44. The lowest BCUT2D eigenvalue weighted by molar-refractivity contribution is -0.151. The number of carbonyl (C=O) groups excluding carboxylic acids is 2. The number of nitrogens with zero attached hydrogens (tertiary/aromatic N) is 1. The second-order valence-corrected chi connectivity index (χ2v) is 9.05. The van der Waals surface area contributed by atoms with E-state index in [4.69, 9.17) is 27.9 Å². The van der Waals surface area contributed by atoms with Crippen molar-refractivity contribution < 1.29 is 22.7 Å². The first kappa shape index (κ1) is 23.0. The van der Waals surface area contributed by atoms with Gasteiger partial charge >= 0.3 is 5.97 Å². The first-order chi connectivity index (χ1) is 14.7. The number of anilines is 1. The van der Waals surface area contributed by atoms with Crippen LogP contribution < -0.4 is 10.0 Å². The lowest BCUT2D eigenvalue weighted by Crippen LogP contribution is -2.36. The van der Waals surface area contributed by atoms with Crippen LogP contribution in [0.5, 0.6) is 0 Å². The molecule has 1 aromatic heterocycles. The van der Waals surface area contributed by atoms with Crippen molar-refractivity contribution in [3.63, 3.8) is 0 Å². The Bertz CT molecular complexity index is 1250. The van der Waals surface area contributed by atoms with Gasteiger partial charge in [-0.25, -0.2) is 13.4 Å². The number of benzene rings is 2. The number of fused-ring (bicyclic) bond motifs is 1. The van der Waals surface area contributed by atoms with Crippen molar-refractivity contribution in [2.45, 2.75) is 17.9 Å². The third-order valence-electron chi connectivity index (χ3n) is 4.16. The third kappa shape index (κ3) is 5.92. The molecule has 11 heteroatoms. The monoisotopic (exact) mass is 481 g/mol. The van der Waals surface area contributed by atoms with Crippen LogP contribution >= 0.6 is 23.2 Å². The number of sulfonamides is 1. The number of aromatic nitrogens is 1. The van der Waals surface area contributed by atoms with Gasteiger partial charge in [0.15, 0.2) is 11.9 Å². The molecule has 1 amide bonds. The van der Waals surface area contributed by atoms with E-state index in [1.54, 1.807) is 18.2 Å². The van der Waals surface area contributed by atoms with Gasteiger partial charge in [0.05, 0.1) is 14.9 Å². The van der Waals surface area contributed by atoms with Crippen LogP contribution in [0.25, 0.3) is 10.8 Å². The third-order valence-corrected chi connectivity index (χ3v) is 6.06. The van der Waals surface area contributed by atoms with Crippen molar-refractivity contribution in [3.05, 3.63) is 64.8 Å². The predicted octanol–water partition coefficient (Wildman–Crippen LogP) is 3.39. The number of halogens is 2. The van der Waals surface area contributed by atoms with E-state index in [1.165, 1.54) is 31.3 Å². The van der Waals surface area contributed by atoms with E-state index in [2.05, 4.69) is 15.0 Å². The Labute approximate surface area is 188 Å². The van der Waals surface area contributed by atoms with Crippen molar-refractivity contribution in [2.75, 3.05) is 11.9 Å². The molecule has 3 rings (SSSR count). The number of hydrogen-bond acceptors (Lipinski definition) is 6. The largest absolute Gasteiger partial charge is 0.452 e. The minimum atomic E-state index is -3.95. The molecule has 2 aromatic carbocycles. The molecule has 0 bridgehead atoms. The molecule has 0 saturated carbocycles. The van der Waals surface area contributed by atoms with E-state index < -0.39 is 34.5 Å². The Morgan fingerprint density at radius 2 is 1.81 bits per heavy atom. The average molecular weight is 482 g/mol. The van der Waals surface area contributed by atoms with Crippen molar-refractivity contribution >= 4 is 61.7 Å². The zero-order valence-electron chi connectivity index (χ0n) is 16.1. The standard InChI is InChI=1S/C20H17Cl2N3O5S/c1-12(20(27)25-19-17(22)9-15(21)10-23-19)30-18(26)11-24-31(28,29)16-7-6-13-4-2-3-5-14(13)8-16/h2-10,12,24H,11H2,1H3,(H,23,25,27)/t12-/m0/s1. The number of hydrogen-bond donors (Lipinski definition) is 2. The van der Waals surface area contributed by atoms with E-state index in [1.807, 2.05) is 12.1 Å². The molecule has 0 radical (unpaired) electrons. The summed E-state index contributed by atoms with van der Waals surface area (Å²) in [5, 5.41) is 4.44. The maximum absolute atomic E-state index is 12.5. The first-order valence-electron chi connectivity index (χ1n) is 8.95. The zero-order chi connectivity index (χ0) is 22.6. The summed E-state index contributed by atoms with van der Waals surface area (Å²) in [6.07, 6.45) is 0.0765. The van der Waals surface area contributed by atoms with Gasteiger partial charge in [-0.15, -0.1) is 0 Å². The molecular formula is C20H17Cl2N3O5S. The van der Waals surface area contributed by atoms with E-state index in [0.717, 1.165) is 10.8 Å². The number of esters is 1. The van der Waals surface area contributed by atoms with Crippen LogP contribution in [-0.2, 0) is 24.3 Å². The summed E-state index contributed by atoms with van der Waals surface area (Å²) in [6.45, 7) is 0.682. The molecule has 3 aromatic rings. The van der Waals surface area contributed by atoms with Gasteiger partial charge < -0.3 is 10.1 Å². The summed E-state index contributed by atoms with van der Waals surface area (Å²) in [4.78, 5) is 28.1. The summed E-state index contributed by atoms with van der Waals surface area (Å²) in [6, 6.07) is 13.3. The molecule has 2 N–H and O–H groups in total. The van der Waals surface area contributed by atoms with Crippen molar-refractivity contribution in [1.29, 1.82) is 0 Å². The maximum Gasteiger partial charge on any atom is 0.321 e. The Morgan fingerprint density at radius 1 is 1.10 bits per heavy atom. The zero-order valence-corrected chi connectivity index (χ0v) is 18.5. The van der Waals surface area contributed by atoms with Gasteiger partial charge in [0, 0.05) is 6.20 Å². The van der Waals surface area contributed by atoms with Crippen molar-refractivity contribution in [2.24, 2.45) is 0 Å². The molecule has 0 fully saturated rings. The van der Waals surface area contributed by atoms with Gasteiger partial charge in [-0.05, 0) is 35.9 Å². The summed E-state index contributed by atoms with van der Waals surface area (Å²) in [5.41, 5.74) is 0. The highest BCUT2D eigenvalue weighted by molar-refractivity contribution is 7.89. The molecule has 31 heavy (non-hydrogen) atoms. The lowest BCUT2D eigenvalue weighted by Gasteiger charge is -2.14. The molecule has 162 valence electrons.